The van der Waals surface area contributed by atoms with Gasteiger partial charge in [0.05, 0.1) is 17.6 Å². The molecule has 0 fully saturated rings. The first-order valence-electron chi connectivity index (χ1n) is 6.86. The molecule has 0 saturated heterocycles. The van der Waals surface area contributed by atoms with Crippen molar-refractivity contribution in [1.82, 2.24) is 19.6 Å². The van der Waals surface area contributed by atoms with Crippen molar-refractivity contribution in [2.45, 2.75) is 0 Å². The van der Waals surface area contributed by atoms with E-state index in [9.17, 15) is 5.11 Å². The highest BCUT2D eigenvalue weighted by atomic mass is 16.3. The first-order chi connectivity index (χ1) is 10.8. The molecule has 22 heavy (non-hydrogen) atoms. The van der Waals surface area contributed by atoms with E-state index >= 15 is 0 Å². The van der Waals surface area contributed by atoms with Crippen molar-refractivity contribution in [3.63, 3.8) is 0 Å². The molecule has 0 unspecified atom stereocenters. The Hall–Kier alpha value is -3.21. The molecule has 0 radical (unpaired) electrons. The summed E-state index contributed by atoms with van der Waals surface area (Å²) in [7, 11) is 0. The minimum atomic E-state index is 0.220. The molecule has 0 aliphatic rings. The molecule has 3 aromatic heterocycles. The monoisotopic (exact) mass is 288 g/mol. The summed E-state index contributed by atoms with van der Waals surface area (Å²) in [6, 6.07) is 14.8. The van der Waals surface area contributed by atoms with Crippen molar-refractivity contribution in [2.24, 2.45) is 0 Å². The Morgan fingerprint density at radius 2 is 1.77 bits per heavy atom. The fourth-order valence-electron chi connectivity index (χ4n) is 2.41. The van der Waals surface area contributed by atoms with Gasteiger partial charge in [-0.2, -0.15) is 5.10 Å². The molecule has 5 nitrogen and oxygen atoms in total. The number of nitrogens with zero attached hydrogens (tertiary/aromatic N) is 4. The molecular weight excluding hydrogens is 276 g/mol. The average Bonchev–Trinajstić information content (AvgIpc) is 2.99. The number of hydrogen-bond acceptors (Lipinski definition) is 4. The fraction of sp³-hybridized carbons (Fsp3) is 0. The van der Waals surface area contributed by atoms with E-state index in [1.165, 1.54) is 0 Å². The lowest BCUT2D eigenvalue weighted by Crippen LogP contribution is -1.96. The predicted octanol–water partition coefficient (Wildman–Crippen LogP) is 3.16. The highest BCUT2D eigenvalue weighted by Gasteiger charge is 2.09. The number of hydrogen-bond donors (Lipinski definition) is 1. The van der Waals surface area contributed by atoms with Gasteiger partial charge in [0.15, 0.2) is 5.65 Å². The zero-order valence-corrected chi connectivity index (χ0v) is 11.6. The normalized spacial score (nSPS) is 10.9. The number of imidazole rings is 1. The van der Waals surface area contributed by atoms with Crippen molar-refractivity contribution >= 4 is 5.65 Å². The summed E-state index contributed by atoms with van der Waals surface area (Å²) in [5.74, 6) is 0.220. The van der Waals surface area contributed by atoms with Crippen molar-refractivity contribution in [3.8, 4) is 28.3 Å². The SMILES string of the molecule is Oc1cccc(-c2cnc3ccc(-c4ccncc4)nn23)c1. The van der Waals surface area contributed by atoms with Crippen LogP contribution in [0.4, 0.5) is 0 Å². The maximum Gasteiger partial charge on any atom is 0.154 e. The van der Waals surface area contributed by atoms with Crippen LogP contribution in [-0.2, 0) is 0 Å². The van der Waals surface area contributed by atoms with E-state index in [1.807, 2.05) is 30.3 Å². The Balaban J connectivity index is 1.91. The summed E-state index contributed by atoms with van der Waals surface area (Å²) in [6.45, 7) is 0. The Bertz CT molecular complexity index is 947. The number of fused-ring (bicyclic) bond motifs is 1. The molecule has 4 rings (SSSR count). The minimum Gasteiger partial charge on any atom is -0.508 e. The Morgan fingerprint density at radius 3 is 2.59 bits per heavy atom. The second kappa shape index (κ2) is 4.96. The van der Waals surface area contributed by atoms with Crippen molar-refractivity contribution in [2.75, 3.05) is 0 Å². The van der Waals surface area contributed by atoms with Gasteiger partial charge in [-0.15, -0.1) is 0 Å². The summed E-state index contributed by atoms with van der Waals surface area (Å²) < 4.78 is 1.78. The number of phenolic OH excluding ortho intramolecular Hbond substituents is 1. The van der Waals surface area contributed by atoms with Crippen LogP contribution in [0.25, 0.3) is 28.2 Å². The van der Waals surface area contributed by atoms with E-state index in [1.54, 1.807) is 41.3 Å². The molecule has 0 atom stereocenters. The third-order valence-corrected chi connectivity index (χ3v) is 3.48. The van der Waals surface area contributed by atoms with E-state index in [-0.39, 0.29) is 5.75 Å². The third kappa shape index (κ3) is 2.09. The van der Waals surface area contributed by atoms with Crippen LogP contribution < -0.4 is 0 Å². The summed E-state index contributed by atoms with van der Waals surface area (Å²) in [6.07, 6.45) is 5.24. The van der Waals surface area contributed by atoms with Crippen molar-refractivity contribution < 1.29 is 5.11 Å². The molecular formula is C17H12N4O. The quantitative estimate of drug-likeness (QED) is 0.615. The fourth-order valence-corrected chi connectivity index (χ4v) is 2.41. The molecule has 4 aromatic rings. The van der Waals surface area contributed by atoms with Gasteiger partial charge in [0.25, 0.3) is 0 Å². The molecule has 0 aliphatic heterocycles. The topological polar surface area (TPSA) is 63.3 Å². The smallest absolute Gasteiger partial charge is 0.154 e. The summed E-state index contributed by atoms with van der Waals surface area (Å²) in [5, 5.41) is 14.3. The van der Waals surface area contributed by atoms with Gasteiger partial charge in [-0.3, -0.25) is 4.98 Å². The van der Waals surface area contributed by atoms with Crippen molar-refractivity contribution in [1.29, 1.82) is 0 Å². The summed E-state index contributed by atoms with van der Waals surface area (Å²) in [4.78, 5) is 8.39. The number of aromatic hydroxyl groups is 1. The molecule has 0 spiro atoms. The van der Waals surface area contributed by atoms with E-state index in [0.717, 1.165) is 28.2 Å². The molecule has 1 N–H and O–H groups in total. The van der Waals surface area contributed by atoms with Gasteiger partial charge in [0.2, 0.25) is 0 Å². The Morgan fingerprint density at radius 1 is 0.909 bits per heavy atom. The van der Waals surface area contributed by atoms with Gasteiger partial charge in [-0.1, -0.05) is 12.1 Å². The standard InChI is InChI=1S/C17H12N4O/c22-14-3-1-2-13(10-14)16-11-19-17-5-4-15(20-21(16)17)12-6-8-18-9-7-12/h1-11,22H. The van der Waals surface area contributed by atoms with Gasteiger partial charge in [0.1, 0.15) is 5.75 Å². The summed E-state index contributed by atoms with van der Waals surface area (Å²) in [5.41, 5.74) is 4.30. The highest BCUT2D eigenvalue weighted by Crippen LogP contribution is 2.25. The minimum absolute atomic E-state index is 0.220. The van der Waals surface area contributed by atoms with Gasteiger partial charge in [-0.05, 0) is 36.4 Å². The van der Waals surface area contributed by atoms with Crippen LogP contribution in [0.3, 0.4) is 0 Å². The predicted molar refractivity (Wildman–Crippen MR) is 83.3 cm³/mol. The third-order valence-electron chi connectivity index (χ3n) is 3.48. The van der Waals surface area contributed by atoms with Gasteiger partial charge in [-0.25, -0.2) is 9.50 Å². The molecule has 5 heteroatoms. The van der Waals surface area contributed by atoms with Crippen LogP contribution in [0.5, 0.6) is 5.75 Å². The lowest BCUT2D eigenvalue weighted by molar-refractivity contribution is 0.475. The number of benzene rings is 1. The van der Waals surface area contributed by atoms with Crippen LogP contribution >= 0.6 is 0 Å². The number of rotatable bonds is 2. The van der Waals surface area contributed by atoms with Gasteiger partial charge >= 0.3 is 0 Å². The van der Waals surface area contributed by atoms with Crippen LogP contribution in [0.1, 0.15) is 0 Å². The molecule has 106 valence electrons. The zero-order valence-electron chi connectivity index (χ0n) is 11.6. The molecule has 0 bridgehead atoms. The first-order valence-corrected chi connectivity index (χ1v) is 6.86. The highest BCUT2D eigenvalue weighted by molar-refractivity contribution is 5.66. The number of phenols is 1. The average molecular weight is 288 g/mol. The molecule has 0 aliphatic carbocycles. The van der Waals surface area contributed by atoms with E-state index < -0.39 is 0 Å². The first kappa shape index (κ1) is 12.5. The molecule has 3 heterocycles. The maximum atomic E-state index is 9.66. The van der Waals surface area contributed by atoms with Crippen LogP contribution in [0.15, 0.2) is 67.1 Å². The molecule has 0 amide bonds. The maximum absolute atomic E-state index is 9.66. The van der Waals surface area contributed by atoms with Gasteiger partial charge < -0.3 is 5.11 Å². The Kier molecular flexibility index (Phi) is 2.83. The lowest BCUT2D eigenvalue weighted by Gasteiger charge is -2.04. The second-order valence-corrected chi connectivity index (χ2v) is 4.92. The molecule has 1 aromatic carbocycles. The largest absolute Gasteiger partial charge is 0.508 e. The van der Waals surface area contributed by atoms with Crippen molar-refractivity contribution in [3.05, 3.63) is 67.1 Å². The van der Waals surface area contributed by atoms with Gasteiger partial charge in [0, 0.05) is 23.5 Å². The van der Waals surface area contributed by atoms with Crippen LogP contribution in [-0.4, -0.2) is 24.7 Å². The van der Waals surface area contributed by atoms with Crippen LogP contribution in [0.2, 0.25) is 0 Å². The van der Waals surface area contributed by atoms with E-state index in [4.69, 9.17) is 0 Å². The lowest BCUT2D eigenvalue weighted by atomic mass is 10.1. The van der Waals surface area contributed by atoms with E-state index in [0.29, 0.717) is 0 Å². The van der Waals surface area contributed by atoms with E-state index in [2.05, 4.69) is 15.1 Å². The summed E-state index contributed by atoms with van der Waals surface area (Å²) >= 11 is 0. The van der Waals surface area contributed by atoms with Crippen LogP contribution in [0, 0.1) is 0 Å². The number of aromatic nitrogens is 4. The second-order valence-electron chi connectivity index (χ2n) is 4.92. The Labute approximate surface area is 126 Å². The number of pyridine rings is 1. The molecule has 0 saturated carbocycles. The zero-order chi connectivity index (χ0) is 14.9.